The van der Waals surface area contributed by atoms with Gasteiger partial charge in [0.2, 0.25) is 5.82 Å². The number of nitrogens with zero attached hydrogens (tertiary/aromatic N) is 2. The first kappa shape index (κ1) is 20.6. The van der Waals surface area contributed by atoms with Crippen molar-refractivity contribution in [3.05, 3.63) is 65.7 Å². The van der Waals surface area contributed by atoms with Gasteiger partial charge in [-0.1, -0.05) is 51.8 Å². The zero-order valence-corrected chi connectivity index (χ0v) is 17.2. The van der Waals surface area contributed by atoms with E-state index in [1.807, 2.05) is 36.4 Å². The summed E-state index contributed by atoms with van der Waals surface area (Å²) in [7, 11) is 0. The monoisotopic (exact) mass is 392 g/mol. The van der Waals surface area contributed by atoms with Gasteiger partial charge >= 0.3 is 0 Å². The van der Waals surface area contributed by atoms with Gasteiger partial charge in [0.25, 0.3) is 11.8 Å². The number of carbonyl (C=O) groups excluding carboxylic acids is 2. The number of pyridine rings is 1. The molecule has 2 N–H and O–H groups in total. The quantitative estimate of drug-likeness (QED) is 0.549. The van der Waals surface area contributed by atoms with Gasteiger partial charge in [-0.2, -0.15) is 0 Å². The summed E-state index contributed by atoms with van der Waals surface area (Å²) in [5.74, 6) is 0.0336. The Morgan fingerprint density at radius 1 is 1.03 bits per heavy atom. The molecule has 0 bridgehead atoms. The highest BCUT2D eigenvalue weighted by atomic mass is 16.2. The predicted molar refractivity (Wildman–Crippen MR) is 116 cm³/mol. The second-order valence-corrected chi connectivity index (χ2v) is 7.43. The maximum absolute atomic E-state index is 12.9. The Labute approximate surface area is 171 Å². The van der Waals surface area contributed by atoms with Crippen LogP contribution < -0.4 is 10.6 Å². The molecule has 6 heteroatoms. The molecule has 2 amide bonds. The van der Waals surface area contributed by atoms with Gasteiger partial charge in [-0.15, -0.1) is 0 Å². The second kappa shape index (κ2) is 9.37. The first-order valence-electron chi connectivity index (χ1n) is 10.2. The number of fused-ring (bicyclic) bond motifs is 1. The summed E-state index contributed by atoms with van der Waals surface area (Å²) in [4.78, 5) is 29.8. The van der Waals surface area contributed by atoms with Crippen LogP contribution in [0.2, 0.25) is 0 Å². The molecule has 0 saturated carbocycles. The third-order valence-corrected chi connectivity index (χ3v) is 4.87. The van der Waals surface area contributed by atoms with Crippen LogP contribution in [0.5, 0.6) is 0 Å². The van der Waals surface area contributed by atoms with Gasteiger partial charge in [-0.25, -0.2) is 4.98 Å². The number of hydrogen-bond donors (Lipinski definition) is 2. The van der Waals surface area contributed by atoms with E-state index in [0.717, 1.165) is 19.3 Å². The maximum atomic E-state index is 12.9. The van der Waals surface area contributed by atoms with Crippen molar-refractivity contribution in [2.75, 3.05) is 11.9 Å². The van der Waals surface area contributed by atoms with Crippen LogP contribution in [0.25, 0.3) is 5.52 Å². The van der Waals surface area contributed by atoms with Crippen molar-refractivity contribution >= 4 is 23.0 Å². The Morgan fingerprint density at radius 3 is 2.48 bits per heavy atom. The summed E-state index contributed by atoms with van der Waals surface area (Å²) in [6.07, 6.45) is 4.82. The standard InChI is InChI=1S/C23H28N4O2/c1-4-5-7-14-24-23(29)21-26-20(19-9-6-8-15-27(19)21)22(28)25-18-12-10-17(11-13-18)16(2)3/h6,8-13,15-16H,4-5,7,14H2,1-3H3,(H,24,29)(H,25,28). The van der Waals surface area contributed by atoms with E-state index in [-0.39, 0.29) is 23.3 Å². The molecule has 3 rings (SSSR count). The highest BCUT2D eigenvalue weighted by Crippen LogP contribution is 2.19. The summed E-state index contributed by atoms with van der Waals surface area (Å²) in [6, 6.07) is 13.2. The van der Waals surface area contributed by atoms with E-state index in [1.54, 1.807) is 16.7 Å². The molecule has 29 heavy (non-hydrogen) atoms. The third-order valence-electron chi connectivity index (χ3n) is 4.87. The molecule has 2 aromatic heterocycles. The van der Waals surface area contributed by atoms with E-state index in [2.05, 4.69) is 36.4 Å². The summed E-state index contributed by atoms with van der Waals surface area (Å²) in [5.41, 5.74) is 2.74. The number of amides is 2. The zero-order valence-electron chi connectivity index (χ0n) is 17.2. The van der Waals surface area contributed by atoms with Gasteiger partial charge in [0.15, 0.2) is 5.69 Å². The number of hydrogen-bond acceptors (Lipinski definition) is 3. The first-order valence-corrected chi connectivity index (χ1v) is 10.2. The van der Waals surface area contributed by atoms with Gasteiger partial charge in [-0.3, -0.25) is 14.0 Å². The number of unbranched alkanes of at least 4 members (excludes halogenated alkanes) is 2. The lowest BCUT2D eigenvalue weighted by Gasteiger charge is -2.07. The molecule has 0 unspecified atom stereocenters. The van der Waals surface area contributed by atoms with Gasteiger partial charge in [-0.05, 0) is 42.2 Å². The van der Waals surface area contributed by atoms with Crippen molar-refractivity contribution < 1.29 is 9.59 Å². The summed E-state index contributed by atoms with van der Waals surface area (Å²) in [6.45, 7) is 6.96. The Bertz CT molecular complexity index is 990. The summed E-state index contributed by atoms with van der Waals surface area (Å²) in [5, 5.41) is 5.77. The lowest BCUT2D eigenvalue weighted by Crippen LogP contribution is -2.26. The molecule has 0 saturated heterocycles. The van der Waals surface area contributed by atoms with Crippen LogP contribution >= 0.6 is 0 Å². The fraction of sp³-hybridized carbons (Fsp3) is 0.348. The minimum Gasteiger partial charge on any atom is -0.349 e. The van der Waals surface area contributed by atoms with Crippen LogP contribution in [-0.4, -0.2) is 27.7 Å². The number of aromatic nitrogens is 2. The second-order valence-electron chi connectivity index (χ2n) is 7.43. The number of imidazole rings is 1. The molecule has 0 aliphatic rings. The average molecular weight is 393 g/mol. The van der Waals surface area contributed by atoms with Gasteiger partial charge in [0.05, 0.1) is 5.52 Å². The molecule has 0 aliphatic carbocycles. The van der Waals surface area contributed by atoms with E-state index in [1.165, 1.54) is 5.56 Å². The summed E-state index contributed by atoms with van der Waals surface area (Å²) < 4.78 is 1.66. The van der Waals surface area contributed by atoms with E-state index < -0.39 is 0 Å². The molecule has 3 aromatic rings. The van der Waals surface area contributed by atoms with Crippen molar-refractivity contribution in [3.8, 4) is 0 Å². The molecular weight excluding hydrogens is 364 g/mol. The predicted octanol–water partition coefficient (Wildman–Crippen LogP) is 4.63. The Hall–Kier alpha value is -3.15. The molecule has 0 aliphatic heterocycles. The lowest BCUT2D eigenvalue weighted by atomic mass is 10.0. The van der Waals surface area contributed by atoms with E-state index in [4.69, 9.17) is 0 Å². The molecule has 0 radical (unpaired) electrons. The van der Waals surface area contributed by atoms with Crippen molar-refractivity contribution in [1.82, 2.24) is 14.7 Å². The van der Waals surface area contributed by atoms with Crippen LogP contribution in [0.1, 0.15) is 72.6 Å². The Morgan fingerprint density at radius 2 is 1.79 bits per heavy atom. The van der Waals surface area contributed by atoms with Crippen molar-refractivity contribution in [3.63, 3.8) is 0 Å². The fourth-order valence-electron chi connectivity index (χ4n) is 3.16. The summed E-state index contributed by atoms with van der Waals surface area (Å²) >= 11 is 0. The molecule has 0 fully saturated rings. The van der Waals surface area contributed by atoms with Crippen molar-refractivity contribution in [1.29, 1.82) is 0 Å². The minimum atomic E-state index is -0.337. The molecule has 152 valence electrons. The molecule has 0 spiro atoms. The molecular formula is C23H28N4O2. The van der Waals surface area contributed by atoms with Crippen LogP contribution in [0, 0.1) is 0 Å². The fourth-order valence-corrected chi connectivity index (χ4v) is 3.16. The largest absolute Gasteiger partial charge is 0.349 e. The number of nitrogens with one attached hydrogen (secondary N) is 2. The smallest absolute Gasteiger partial charge is 0.287 e. The normalized spacial score (nSPS) is 11.0. The lowest BCUT2D eigenvalue weighted by molar-refractivity contribution is 0.0942. The van der Waals surface area contributed by atoms with Gasteiger partial charge in [0, 0.05) is 18.4 Å². The number of rotatable bonds is 8. The van der Waals surface area contributed by atoms with Crippen LogP contribution in [0.3, 0.4) is 0 Å². The molecule has 0 atom stereocenters. The van der Waals surface area contributed by atoms with E-state index >= 15 is 0 Å². The highest BCUT2D eigenvalue weighted by molar-refractivity contribution is 6.08. The average Bonchev–Trinajstić information content (AvgIpc) is 3.11. The van der Waals surface area contributed by atoms with Crippen molar-refractivity contribution in [2.45, 2.75) is 46.0 Å². The van der Waals surface area contributed by atoms with E-state index in [9.17, 15) is 9.59 Å². The number of anilines is 1. The third kappa shape index (κ3) is 4.83. The van der Waals surface area contributed by atoms with Gasteiger partial charge in [0.1, 0.15) is 0 Å². The molecule has 2 heterocycles. The Balaban J connectivity index is 1.81. The van der Waals surface area contributed by atoms with Crippen LogP contribution in [-0.2, 0) is 0 Å². The van der Waals surface area contributed by atoms with Crippen molar-refractivity contribution in [2.24, 2.45) is 0 Å². The Kier molecular flexibility index (Phi) is 6.65. The van der Waals surface area contributed by atoms with Crippen LogP contribution in [0.4, 0.5) is 5.69 Å². The highest BCUT2D eigenvalue weighted by Gasteiger charge is 2.21. The minimum absolute atomic E-state index is 0.220. The zero-order chi connectivity index (χ0) is 20.8. The first-order chi connectivity index (χ1) is 14.0. The topological polar surface area (TPSA) is 75.5 Å². The molecule has 1 aromatic carbocycles. The number of carbonyl (C=O) groups is 2. The maximum Gasteiger partial charge on any atom is 0.287 e. The van der Waals surface area contributed by atoms with E-state index in [0.29, 0.717) is 23.7 Å². The SMILES string of the molecule is CCCCCNC(=O)c1nc(C(=O)Nc2ccc(C(C)C)cc2)c2ccccn12. The van der Waals surface area contributed by atoms with Gasteiger partial charge < -0.3 is 10.6 Å². The molecule has 6 nitrogen and oxygen atoms in total. The number of benzene rings is 1. The van der Waals surface area contributed by atoms with Crippen LogP contribution in [0.15, 0.2) is 48.7 Å².